The molecule has 0 aliphatic heterocycles. The van der Waals surface area contributed by atoms with Crippen LogP contribution in [0.2, 0.25) is 0 Å². The van der Waals surface area contributed by atoms with E-state index in [9.17, 15) is 9.18 Å². The minimum Gasteiger partial charge on any atom is -0.351 e. The normalized spacial score (nSPS) is 12.6. The van der Waals surface area contributed by atoms with Crippen molar-refractivity contribution in [2.75, 3.05) is 20.1 Å². The van der Waals surface area contributed by atoms with Gasteiger partial charge < -0.3 is 16.0 Å². The maximum atomic E-state index is 13.4. The molecule has 42 heavy (non-hydrogen) atoms. The van der Waals surface area contributed by atoms with Crippen LogP contribution in [0.25, 0.3) is 21.9 Å². The quantitative estimate of drug-likeness (QED) is 0.158. The molecule has 0 heterocycles. The highest BCUT2D eigenvalue weighted by Crippen LogP contribution is 2.20. The molecule has 0 saturated heterocycles. The first-order chi connectivity index (χ1) is 20.6. The lowest BCUT2D eigenvalue weighted by Gasteiger charge is -2.25. The van der Waals surface area contributed by atoms with Gasteiger partial charge in [0.1, 0.15) is 5.82 Å². The zero-order valence-corrected chi connectivity index (χ0v) is 24.0. The van der Waals surface area contributed by atoms with E-state index in [-0.39, 0.29) is 23.8 Å². The standard InChI is InChI=1S/C37H38FN3O/c1-39-25-35(22-27-14-19-34(38)20-15-27)40-26-36(23-29-13-18-31-9-5-6-10-33(31)21-29)41-37(42)24-28-11-16-32(17-12-28)30-7-3-2-4-8-30/h2-21,35-36,39-40H,22-26H2,1H3,(H,41,42)/t35-,36+/m0/s1. The number of likely N-dealkylation sites (N-methyl/N-ethyl adjacent to an activating group) is 1. The highest BCUT2D eigenvalue weighted by Gasteiger charge is 2.17. The largest absolute Gasteiger partial charge is 0.351 e. The molecule has 5 aromatic rings. The van der Waals surface area contributed by atoms with Crippen LogP contribution in [0.15, 0.2) is 121 Å². The lowest BCUT2D eigenvalue weighted by atomic mass is 10.00. The van der Waals surface area contributed by atoms with E-state index in [4.69, 9.17) is 0 Å². The van der Waals surface area contributed by atoms with Crippen molar-refractivity contribution in [2.24, 2.45) is 0 Å². The van der Waals surface area contributed by atoms with Gasteiger partial charge in [-0.3, -0.25) is 4.79 Å². The van der Waals surface area contributed by atoms with E-state index in [1.807, 2.05) is 61.6 Å². The van der Waals surface area contributed by atoms with Gasteiger partial charge in [-0.05, 0) is 70.6 Å². The van der Waals surface area contributed by atoms with E-state index in [0.717, 1.165) is 35.2 Å². The average molecular weight is 560 g/mol. The van der Waals surface area contributed by atoms with Crippen molar-refractivity contribution in [3.05, 3.63) is 144 Å². The number of rotatable bonds is 13. The minimum atomic E-state index is -0.232. The van der Waals surface area contributed by atoms with E-state index in [1.54, 1.807) is 0 Å². The number of halogens is 1. The smallest absolute Gasteiger partial charge is 0.224 e. The predicted octanol–water partition coefficient (Wildman–Crippen LogP) is 6.34. The molecule has 5 heteroatoms. The Morgan fingerprint density at radius 1 is 0.643 bits per heavy atom. The second kappa shape index (κ2) is 14.5. The summed E-state index contributed by atoms with van der Waals surface area (Å²) in [7, 11) is 1.93. The topological polar surface area (TPSA) is 53.2 Å². The molecule has 0 fully saturated rings. The first-order valence-electron chi connectivity index (χ1n) is 14.6. The van der Waals surface area contributed by atoms with E-state index in [1.165, 1.54) is 28.5 Å². The number of amides is 1. The Morgan fingerprint density at radius 2 is 1.26 bits per heavy atom. The molecule has 5 aromatic carbocycles. The van der Waals surface area contributed by atoms with Crippen LogP contribution in [-0.2, 0) is 24.1 Å². The molecule has 0 spiro atoms. The number of carbonyl (C=O) groups excluding carboxylic acids is 1. The van der Waals surface area contributed by atoms with Crippen LogP contribution in [-0.4, -0.2) is 38.1 Å². The van der Waals surface area contributed by atoms with Crippen molar-refractivity contribution < 1.29 is 9.18 Å². The van der Waals surface area contributed by atoms with Crippen molar-refractivity contribution in [1.29, 1.82) is 0 Å². The summed E-state index contributed by atoms with van der Waals surface area (Å²) in [6.07, 6.45) is 1.78. The zero-order chi connectivity index (χ0) is 29.1. The van der Waals surface area contributed by atoms with Gasteiger partial charge in [-0.15, -0.1) is 0 Å². The van der Waals surface area contributed by atoms with E-state index < -0.39 is 0 Å². The number of hydrogen-bond acceptors (Lipinski definition) is 3. The van der Waals surface area contributed by atoms with Gasteiger partial charge in [0.05, 0.1) is 6.42 Å². The van der Waals surface area contributed by atoms with E-state index >= 15 is 0 Å². The van der Waals surface area contributed by atoms with Crippen LogP contribution < -0.4 is 16.0 Å². The van der Waals surface area contributed by atoms with Gasteiger partial charge in [0.2, 0.25) is 5.91 Å². The minimum absolute atomic E-state index is 0.00116. The third-order valence-corrected chi connectivity index (χ3v) is 7.59. The monoisotopic (exact) mass is 559 g/mol. The van der Waals surface area contributed by atoms with Gasteiger partial charge in [0.25, 0.3) is 0 Å². The molecule has 0 saturated carbocycles. The maximum absolute atomic E-state index is 13.4. The van der Waals surface area contributed by atoms with Gasteiger partial charge in [-0.1, -0.05) is 109 Å². The van der Waals surface area contributed by atoms with Crippen LogP contribution in [0.1, 0.15) is 16.7 Å². The summed E-state index contributed by atoms with van der Waals surface area (Å²) >= 11 is 0. The molecule has 0 aliphatic rings. The summed E-state index contributed by atoms with van der Waals surface area (Å²) < 4.78 is 13.4. The molecule has 0 unspecified atom stereocenters. The van der Waals surface area contributed by atoms with Gasteiger partial charge in [-0.25, -0.2) is 4.39 Å². The maximum Gasteiger partial charge on any atom is 0.224 e. The Balaban J connectivity index is 1.27. The molecule has 4 nitrogen and oxygen atoms in total. The van der Waals surface area contributed by atoms with Crippen molar-refractivity contribution in [3.63, 3.8) is 0 Å². The second-order valence-electron chi connectivity index (χ2n) is 10.9. The highest BCUT2D eigenvalue weighted by atomic mass is 19.1. The molecular formula is C37H38FN3O. The highest BCUT2D eigenvalue weighted by molar-refractivity contribution is 5.83. The lowest BCUT2D eigenvalue weighted by molar-refractivity contribution is -0.121. The molecule has 1 amide bonds. The molecular weight excluding hydrogens is 521 g/mol. The number of carbonyl (C=O) groups is 1. The van der Waals surface area contributed by atoms with E-state index in [0.29, 0.717) is 19.4 Å². The van der Waals surface area contributed by atoms with Crippen molar-refractivity contribution in [1.82, 2.24) is 16.0 Å². The fourth-order valence-corrected chi connectivity index (χ4v) is 5.41. The fourth-order valence-electron chi connectivity index (χ4n) is 5.41. The molecule has 0 radical (unpaired) electrons. The fraction of sp³-hybridized carbons (Fsp3) is 0.216. The van der Waals surface area contributed by atoms with Gasteiger partial charge >= 0.3 is 0 Å². The summed E-state index contributed by atoms with van der Waals surface area (Å²) in [6.45, 7) is 1.36. The van der Waals surface area contributed by atoms with E-state index in [2.05, 4.69) is 70.5 Å². The van der Waals surface area contributed by atoms with Crippen LogP contribution in [0.5, 0.6) is 0 Å². The van der Waals surface area contributed by atoms with Gasteiger partial charge in [0.15, 0.2) is 0 Å². The summed E-state index contributed by atoms with van der Waals surface area (Å²) in [5, 5.41) is 12.6. The number of hydrogen-bond donors (Lipinski definition) is 3. The Bertz CT molecular complexity index is 1570. The molecule has 3 N–H and O–H groups in total. The molecule has 214 valence electrons. The first kappa shape index (κ1) is 29.2. The van der Waals surface area contributed by atoms with Crippen LogP contribution in [0.3, 0.4) is 0 Å². The molecule has 0 bridgehead atoms. The van der Waals surface area contributed by atoms with Gasteiger partial charge in [0, 0.05) is 25.2 Å². The van der Waals surface area contributed by atoms with Crippen molar-refractivity contribution in [2.45, 2.75) is 31.3 Å². The molecule has 2 atom stereocenters. The van der Waals surface area contributed by atoms with Crippen LogP contribution in [0, 0.1) is 5.82 Å². The Kier molecular flexibility index (Phi) is 10.1. The zero-order valence-electron chi connectivity index (χ0n) is 24.0. The SMILES string of the molecule is CNC[C@H](Cc1ccc(F)cc1)NC[C@@H](Cc1ccc2ccccc2c1)NC(=O)Cc1ccc(-c2ccccc2)cc1. The van der Waals surface area contributed by atoms with Crippen molar-refractivity contribution in [3.8, 4) is 11.1 Å². The number of benzene rings is 5. The molecule has 0 aliphatic carbocycles. The Hall–Kier alpha value is -4.32. The Morgan fingerprint density at radius 3 is 2.00 bits per heavy atom. The average Bonchev–Trinajstić information content (AvgIpc) is 3.01. The number of nitrogens with one attached hydrogen (secondary N) is 3. The summed E-state index contributed by atoms with van der Waals surface area (Å²) in [5.74, 6) is -0.233. The first-order valence-corrected chi connectivity index (χ1v) is 14.6. The van der Waals surface area contributed by atoms with Crippen LogP contribution in [0.4, 0.5) is 4.39 Å². The number of fused-ring (bicyclic) bond motifs is 1. The third kappa shape index (κ3) is 8.35. The Labute approximate surface area is 248 Å². The van der Waals surface area contributed by atoms with Crippen molar-refractivity contribution >= 4 is 16.7 Å². The summed E-state index contributed by atoms with van der Waals surface area (Å²) in [5.41, 5.74) is 5.52. The predicted molar refractivity (Wildman–Crippen MR) is 171 cm³/mol. The molecule has 5 rings (SSSR count). The second-order valence-corrected chi connectivity index (χ2v) is 10.9. The summed E-state index contributed by atoms with van der Waals surface area (Å²) in [6, 6.07) is 40.0. The lowest BCUT2D eigenvalue weighted by Crippen LogP contribution is -2.49. The third-order valence-electron chi connectivity index (χ3n) is 7.59. The van der Waals surface area contributed by atoms with Crippen LogP contribution >= 0.6 is 0 Å². The summed E-state index contributed by atoms with van der Waals surface area (Å²) in [4.78, 5) is 13.3. The van der Waals surface area contributed by atoms with Gasteiger partial charge in [-0.2, -0.15) is 0 Å². The molecule has 0 aromatic heterocycles.